The van der Waals surface area contributed by atoms with Gasteiger partial charge in [0, 0.05) is 0 Å². The molecule has 0 aromatic heterocycles. The molecule has 0 saturated carbocycles. The van der Waals surface area contributed by atoms with E-state index in [1.54, 1.807) is 0 Å². The van der Waals surface area contributed by atoms with Crippen LogP contribution in [-0.2, 0) is 0 Å². The molecule has 1 rings (SSSR count). The van der Waals surface area contributed by atoms with Crippen molar-refractivity contribution in [2.45, 2.75) is 19.5 Å². The molecule has 8 heavy (non-hydrogen) atoms. The fourth-order valence-corrected chi connectivity index (χ4v) is 0.788. The quantitative estimate of drug-likeness (QED) is 0.427. The Hall–Kier alpha value is -0.350. The van der Waals surface area contributed by atoms with E-state index in [4.69, 9.17) is 12.2 Å². The van der Waals surface area contributed by atoms with E-state index in [-0.39, 0.29) is 0 Å². The van der Waals surface area contributed by atoms with Gasteiger partial charge in [0.1, 0.15) is 0 Å². The Balaban J connectivity index is 2.32. The van der Waals surface area contributed by atoms with Crippen LogP contribution in [0, 0.1) is 0 Å². The van der Waals surface area contributed by atoms with Crippen LogP contribution in [0.5, 0.6) is 0 Å². The van der Waals surface area contributed by atoms with Crippen LogP contribution >= 0.6 is 12.2 Å². The zero-order valence-corrected chi connectivity index (χ0v) is 5.51. The maximum Gasteiger partial charge on any atom is 0.182 e. The molecule has 46 valence electrons. The molecule has 1 heterocycles. The van der Waals surface area contributed by atoms with Crippen molar-refractivity contribution in [2.75, 3.05) is 0 Å². The summed E-state index contributed by atoms with van der Waals surface area (Å²) in [5.41, 5.74) is 5.74. The molecule has 0 radical (unpaired) electrons. The zero-order chi connectivity index (χ0) is 5.98. The summed E-state index contributed by atoms with van der Waals surface area (Å²) < 4.78 is 0. The smallest absolute Gasteiger partial charge is 0.182 e. The van der Waals surface area contributed by atoms with Gasteiger partial charge in [-0.15, -0.1) is 0 Å². The van der Waals surface area contributed by atoms with Gasteiger partial charge in [0.2, 0.25) is 0 Å². The van der Waals surface area contributed by atoms with Crippen LogP contribution in [0.4, 0.5) is 0 Å². The van der Waals surface area contributed by atoms with Gasteiger partial charge in [-0.25, -0.2) is 5.43 Å². The first-order chi connectivity index (χ1) is 3.83. The van der Waals surface area contributed by atoms with Gasteiger partial charge in [0.25, 0.3) is 0 Å². The highest BCUT2D eigenvalue weighted by atomic mass is 32.1. The summed E-state index contributed by atoms with van der Waals surface area (Å²) in [5.74, 6) is 0. The summed E-state index contributed by atoms with van der Waals surface area (Å²) in [7, 11) is 0. The first kappa shape index (κ1) is 5.78. The van der Waals surface area contributed by atoms with Crippen molar-refractivity contribution < 1.29 is 0 Å². The van der Waals surface area contributed by atoms with Crippen LogP contribution in [0.25, 0.3) is 0 Å². The minimum absolute atomic E-state index is 0.322. The summed E-state index contributed by atoms with van der Waals surface area (Å²) in [4.78, 5) is 0. The van der Waals surface area contributed by atoms with Gasteiger partial charge in [-0.2, -0.15) is 0 Å². The van der Waals surface area contributed by atoms with E-state index < -0.39 is 0 Å². The number of hydrogen-bond donors (Lipinski definition) is 3. The molecule has 3 N–H and O–H groups in total. The Kier molecular flexibility index (Phi) is 1.65. The maximum atomic E-state index is 4.78. The van der Waals surface area contributed by atoms with E-state index >= 15 is 0 Å². The van der Waals surface area contributed by atoms with Crippen LogP contribution in [0.1, 0.15) is 13.3 Å². The van der Waals surface area contributed by atoms with Crippen molar-refractivity contribution in [3.05, 3.63) is 0 Å². The molecule has 0 aromatic carbocycles. The third-order valence-electron chi connectivity index (χ3n) is 1.07. The lowest BCUT2D eigenvalue weighted by Crippen LogP contribution is -2.32. The number of thiocarbonyl (C=S) groups is 1. The Labute approximate surface area is 53.8 Å². The molecule has 1 unspecified atom stereocenters. The lowest BCUT2D eigenvalue weighted by Gasteiger charge is -2.02. The molecule has 0 aromatic rings. The summed E-state index contributed by atoms with van der Waals surface area (Å²) in [5, 5.41) is 3.70. The van der Waals surface area contributed by atoms with Gasteiger partial charge >= 0.3 is 0 Å². The Morgan fingerprint density at radius 1 is 1.75 bits per heavy atom. The highest BCUT2D eigenvalue weighted by Gasteiger charge is 2.12. The Morgan fingerprint density at radius 3 is 2.75 bits per heavy atom. The molecule has 0 bridgehead atoms. The average molecular weight is 131 g/mol. The number of hydrogen-bond acceptors (Lipinski definition) is 2. The first-order valence-electron chi connectivity index (χ1n) is 2.65. The van der Waals surface area contributed by atoms with Gasteiger partial charge in [-0.05, 0) is 18.6 Å². The zero-order valence-electron chi connectivity index (χ0n) is 4.69. The Bertz CT molecular complexity index is 103. The summed E-state index contributed by atoms with van der Waals surface area (Å²) in [6, 6.07) is 0. The van der Waals surface area contributed by atoms with Gasteiger partial charge in [-0.3, -0.25) is 5.43 Å². The molecule has 1 atom stereocenters. The third-order valence-corrected chi connectivity index (χ3v) is 1.29. The second-order valence-electron chi connectivity index (χ2n) is 1.70. The number of rotatable bonds is 1. The molecule has 1 aliphatic rings. The molecule has 0 amide bonds. The molecule has 1 aliphatic heterocycles. The minimum atomic E-state index is 0.322. The summed E-state index contributed by atoms with van der Waals surface area (Å²) in [6.45, 7) is 2.08. The van der Waals surface area contributed by atoms with E-state index in [1.807, 2.05) is 0 Å². The van der Waals surface area contributed by atoms with Gasteiger partial charge < -0.3 is 5.32 Å². The van der Waals surface area contributed by atoms with E-state index in [9.17, 15) is 0 Å². The molecular weight excluding hydrogens is 122 g/mol. The van der Waals surface area contributed by atoms with Crippen molar-refractivity contribution in [1.82, 2.24) is 16.2 Å². The molecule has 3 nitrogen and oxygen atoms in total. The average Bonchev–Trinajstić information content (AvgIpc) is 2.14. The van der Waals surface area contributed by atoms with Crippen LogP contribution in [-0.4, -0.2) is 11.3 Å². The Morgan fingerprint density at radius 2 is 2.50 bits per heavy atom. The van der Waals surface area contributed by atoms with Crippen molar-refractivity contribution in [3.8, 4) is 0 Å². The van der Waals surface area contributed by atoms with Crippen molar-refractivity contribution in [2.24, 2.45) is 0 Å². The van der Waals surface area contributed by atoms with Crippen LogP contribution in [0.15, 0.2) is 0 Å². The molecule has 1 saturated heterocycles. The molecular formula is C4H9N3S. The third kappa shape index (κ3) is 1.08. The van der Waals surface area contributed by atoms with Crippen LogP contribution in [0.2, 0.25) is 0 Å². The fraction of sp³-hybridized carbons (Fsp3) is 0.750. The topological polar surface area (TPSA) is 36.1 Å². The van der Waals surface area contributed by atoms with Gasteiger partial charge in [0.05, 0.1) is 6.17 Å². The number of hydrazine groups is 1. The highest BCUT2D eigenvalue weighted by Crippen LogP contribution is 1.87. The summed E-state index contributed by atoms with van der Waals surface area (Å²) >= 11 is 4.78. The van der Waals surface area contributed by atoms with Crippen molar-refractivity contribution >= 4 is 17.3 Å². The van der Waals surface area contributed by atoms with E-state index in [1.165, 1.54) is 0 Å². The molecule has 1 fully saturated rings. The normalized spacial score (nSPS) is 27.1. The SMILES string of the molecule is CCC1NNC(=S)N1. The van der Waals surface area contributed by atoms with Crippen LogP contribution < -0.4 is 16.2 Å². The second-order valence-corrected chi connectivity index (χ2v) is 2.11. The first-order valence-corrected chi connectivity index (χ1v) is 3.06. The van der Waals surface area contributed by atoms with Crippen molar-refractivity contribution in [3.63, 3.8) is 0 Å². The summed E-state index contributed by atoms with van der Waals surface area (Å²) in [6.07, 6.45) is 1.36. The minimum Gasteiger partial charge on any atom is -0.345 e. The lowest BCUT2D eigenvalue weighted by molar-refractivity contribution is 0.513. The monoisotopic (exact) mass is 131 g/mol. The lowest BCUT2D eigenvalue weighted by atomic mass is 10.4. The molecule has 4 heteroatoms. The molecule has 0 aliphatic carbocycles. The van der Waals surface area contributed by atoms with Gasteiger partial charge in [0.15, 0.2) is 5.11 Å². The standard InChI is InChI=1S/C4H9N3S/c1-2-3-5-4(8)7-6-3/h3,6H,2H2,1H3,(H2,5,7,8). The van der Waals surface area contributed by atoms with Crippen molar-refractivity contribution in [1.29, 1.82) is 0 Å². The second kappa shape index (κ2) is 2.28. The van der Waals surface area contributed by atoms with E-state index in [0.717, 1.165) is 6.42 Å². The van der Waals surface area contributed by atoms with E-state index in [2.05, 4.69) is 23.1 Å². The fourth-order valence-electron chi connectivity index (χ4n) is 0.587. The predicted molar refractivity (Wildman–Crippen MR) is 36.1 cm³/mol. The number of nitrogens with one attached hydrogen (secondary N) is 3. The highest BCUT2D eigenvalue weighted by molar-refractivity contribution is 7.80. The van der Waals surface area contributed by atoms with Gasteiger partial charge in [-0.1, -0.05) is 6.92 Å². The van der Waals surface area contributed by atoms with E-state index in [0.29, 0.717) is 11.3 Å². The largest absolute Gasteiger partial charge is 0.345 e. The maximum absolute atomic E-state index is 4.78. The predicted octanol–water partition coefficient (Wildman–Crippen LogP) is -0.295. The van der Waals surface area contributed by atoms with Crippen LogP contribution in [0.3, 0.4) is 0 Å². The molecule has 0 spiro atoms.